The Hall–Kier alpha value is -1.40. The Morgan fingerprint density at radius 3 is 2.86 bits per heavy atom. The summed E-state index contributed by atoms with van der Waals surface area (Å²) in [6.45, 7) is 0.662. The molecular formula is C11H11FN2. The molecule has 2 nitrogen and oxygen atoms in total. The van der Waals surface area contributed by atoms with Crippen LogP contribution in [0.1, 0.15) is 18.0 Å². The minimum absolute atomic E-state index is 0.000787. The van der Waals surface area contributed by atoms with Crippen molar-refractivity contribution in [3.05, 3.63) is 35.6 Å². The fourth-order valence-corrected chi connectivity index (χ4v) is 1.83. The van der Waals surface area contributed by atoms with E-state index < -0.39 is 0 Å². The maximum atomic E-state index is 13.3. The molecule has 0 amide bonds. The first-order chi connectivity index (χ1) is 6.81. The van der Waals surface area contributed by atoms with Crippen molar-refractivity contribution < 1.29 is 4.39 Å². The third-order valence-corrected chi connectivity index (χ3v) is 2.59. The number of hydrogen-bond acceptors (Lipinski definition) is 2. The molecule has 1 saturated heterocycles. The predicted molar refractivity (Wildman–Crippen MR) is 50.9 cm³/mol. The Morgan fingerprint density at radius 1 is 1.43 bits per heavy atom. The minimum atomic E-state index is -0.191. The van der Waals surface area contributed by atoms with Crippen molar-refractivity contribution in [1.82, 2.24) is 5.32 Å². The highest BCUT2D eigenvalue weighted by Gasteiger charge is 2.26. The topological polar surface area (TPSA) is 35.8 Å². The van der Waals surface area contributed by atoms with Gasteiger partial charge in [0, 0.05) is 18.2 Å². The van der Waals surface area contributed by atoms with Gasteiger partial charge in [0.2, 0.25) is 0 Å². The quantitative estimate of drug-likeness (QED) is 0.735. The molecule has 0 saturated carbocycles. The maximum absolute atomic E-state index is 13.3. The van der Waals surface area contributed by atoms with Crippen LogP contribution in [0.4, 0.5) is 4.39 Å². The second-order valence-corrected chi connectivity index (χ2v) is 3.54. The average molecular weight is 190 g/mol. The van der Waals surface area contributed by atoms with Crippen molar-refractivity contribution >= 4 is 0 Å². The zero-order valence-electron chi connectivity index (χ0n) is 7.70. The van der Waals surface area contributed by atoms with Gasteiger partial charge in [-0.2, -0.15) is 5.26 Å². The molecule has 1 aliphatic rings. The zero-order valence-corrected chi connectivity index (χ0v) is 7.70. The van der Waals surface area contributed by atoms with E-state index in [2.05, 4.69) is 11.4 Å². The summed E-state index contributed by atoms with van der Waals surface area (Å²) in [7, 11) is 0. The molecule has 1 aromatic rings. The van der Waals surface area contributed by atoms with Gasteiger partial charge in [-0.25, -0.2) is 4.39 Å². The highest BCUT2D eigenvalue weighted by molar-refractivity contribution is 5.22. The van der Waals surface area contributed by atoms with Gasteiger partial charge in [-0.15, -0.1) is 0 Å². The summed E-state index contributed by atoms with van der Waals surface area (Å²) < 4.78 is 13.3. The SMILES string of the molecule is N#CC1CNC(c2ccccc2F)C1. The molecule has 1 N–H and O–H groups in total. The lowest BCUT2D eigenvalue weighted by molar-refractivity contribution is 0.555. The van der Waals surface area contributed by atoms with E-state index in [9.17, 15) is 4.39 Å². The molecule has 0 spiro atoms. The van der Waals surface area contributed by atoms with Crippen molar-refractivity contribution in [1.29, 1.82) is 5.26 Å². The summed E-state index contributed by atoms with van der Waals surface area (Å²) in [4.78, 5) is 0. The van der Waals surface area contributed by atoms with E-state index >= 15 is 0 Å². The van der Waals surface area contributed by atoms with Crippen LogP contribution in [0.2, 0.25) is 0 Å². The summed E-state index contributed by atoms with van der Waals surface area (Å²) in [5.74, 6) is -0.178. The molecule has 1 heterocycles. The van der Waals surface area contributed by atoms with Gasteiger partial charge < -0.3 is 5.32 Å². The second-order valence-electron chi connectivity index (χ2n) is 3.54. The van der Waals surface area contributed by atoms with Gasteiger partial charge in [0.05, 0.1) is 12.0 Å². The van der Waals surface area contributed by atoms with Crippen LogP contribution in [0.25, 0.3) is 0 Å². The number of rotatable bonds is 1. The molecule has 1 aromatic carbocycles. The van der Waals surface area contributed by atoms with Crippen LogP contribution < -0.4 is 5.32 Å². The van der Waals surface area contributed by atoms with Gasteiger partial charge >= 0.3 is 0 Å². The summed E-state index contributed by atoms with van der Waals surface area (Å²) >= 11 is 0. The van der Waals surface area contributed by atoms with Gasteiger partial charge in [0.25, 0.3) is 0 Å². The van der Waals surface area contributed by atoms with Gasteiger partial charge in [-0.05, 0) is 12.5 Å². The predicted octanol–water partition coefficient (Wildman–Crippen LogP) is 2.00. The van der Waals surface area contributed by atoms with E-state index in [1.54, 1.807) is 12.1 Å². The zero-order chi connectivity index (χ0) is 9.97. The molecule has 1 aliphatic heterocycles. The first-order valence-electron chi connectivity index (χ1n) is 4.68. The van der Waals surface area contributed by atoms with Crippen LogP contribution in [0.5, 0.6) is 0 Å². The van der Waals surface area contributed by atoms with E-state index in [1.807, 2.05) is 6.07 Å². The summed E-state index contributed by atoms with van der Waals surface area (Å²) in [6.07, 6.45) is 0.706. The molecule has 0 bridgehead atoms. The number of hydrogen-bond donors (Lipinski definition) is 1. The lowest BCUT2D eigenvalue weighted by Crippen LogP contribution is -2.14. The van der Waals surface area contributed by atoms with E-state index in [-0.39, 0.29) is 17.8 Å². The van der Waals surface area contributed by atoms with E-state index in [4.69, 9.17) is 5.26 Å². The van der Waals surface area contributed by atoms with Crippen LogP contribution in [0.15, 0.2) is 24.3 Å². The number of halogens is 1. The fourth-order valence-electron chi connectivity index (χ4n) is 1.83. The van der Waals surface area contributed by atoms with Crippen molar-refractivity contribution in [2.75, 3.05) is 6.54 Å². The molecule has 0 aromatic heterocycles. The van der Waals surface area contributed by atoms with Gasteiger partial charge in [-0.3, -0.25) is 0 Å². The molecular weight excluding hydrogens is 179 g/mol. The molecule has 72 valence electrons. The Balaban J connectivity index is 2.18. The molecule has 0 aliphatic carbocycles. The summed E-state index contributed by atoms with van der Waals surface area (Å²) in [5, 5.41) is 11.9. The maximum Gasteiger partial charge on any atom is 0.127 e. The highest BCUT2D eigenvalue weighted by atomic mass is 19.1. The molecule has 2 unspecified atom stereocenters. The standard InChI is InChI=1S/C11H11FN2/c12-10-4-2-1-3-9(10)11-5-8(6-13)7-14-11/h1-4,8,11,14H,5,7H2. The monoisotopic (exact) mass is 190 g/mol. The minimum Gasteiger partial charge on any atom is -0.308 e. The fraction of sp³-hybridized carbons (Fsp3) is 0.364. The molecule has 3 heteroatoms. The van der Waals surface area contributed by atoms with Crippen molar-refractivity contribution in [3.8, 4) is 6.07 Å². The lowest BCUT2D eigenvalue weighted by Gasteiger charge is -2.10. The van der Waals surface area contributed by atoms with E-state index in [1.165, 1.54) is 6.07 Å². The van der Waals surface area contributed by atoms with Crippen LogP contribution in [-0.2, 0) is 0 Å². The molecule has 2 atom stereocenters. The number of nitriles is 1. The number of benzene rings is 1. The Labute approximate surface area is 82.4 Å². The summed E-state index contributed by atoms with van der Waals surface area (Å²) in [5.41, 5.74) is 0.672. The smallest absolute Gasteiger partial charge is 0.127 e. The molecule has 14 heavy (non-hydrogen) atoms. The first-order valence-corrected chi connectivity index (χ1v) is 4.68. The molecule has 0 radical (unpaired) electrons. The largest absolute Gasteiger partial charge is 0.308 e. The van der Waals surface area contributed by atoms with Gasteiger partial charge in [-0.1, -0.05) is 18.2 Å². The van der Waals surface area contributed by atoms with Crippen LogP contribution in [-0.4, -0.2) is 6.54 Å². The van der Waals surface area contributed by atoms with Crippen molar-refractivity contribution in [2.45, 2.75) is 12.5 Å². The normalized spacial score (nSPS) is 26.0. The van der Waals surface area contributed by atoms with Crippen LogP contribution in [0.3, 0.4) is 0 Å². The van der Waals surface area contributed by atoms with Crippen LogP contribution >= 0.6 is 0 Å². The van der Waals surface area contributed by atoms with E-state index in [0.717, 1.165) is 0 Å². The number of nitrogens with zero attached hydrogens (tertiary/aromatic N) is 1. The highest BCUT2D eigenvalue weighted by Crippen LogP contribution is 2.28. The third kappa shape index (κ3) is 1.61. The van der Waals surface area contributed by atoms with Crippen molar-refractivity contribution in [2.24, 2.45) is 5.92 Å². The Kier molecular flexibility index (Phi) is 2.47. The lowest BCUT2D eigenvalue weighted by atomic mass is 10.0. The average Bonchev–Trinajstić information content (AvgIpc) is 2.67. The molecule has 2 rings (SSSR count). The van der Waals surface area contributed by atoms with Crippen LogP contribution in [0, 0.1) is 23.1 Å². The van der Waals surface area contributed by atoms with Gasteiger partial charge in [0.15, 0.2) is 0 Å². The number of nitrogens with one attached hydrogen (secondary N) is 1. The second kappa shape index (κ2) is 3.77. The van der Waals surface area contributed by atoms with Crippen molar-refractivity contribution in [3.63, 3.8) is 0 Å². The summed E-state index contributed by atoms with van der Waals surface area (Å²) in [6, 6.07) is 8.92. The molecule has 1 fully saturated rings. The Morgan fingerprint density at radius 2 is 2.21 bits per heavy atom. The van der Waals surface area contributed by atoms with Gasteiger partial charge in [0.1, 0.15) is 5.82 Å². The van der Waals surface area contributed by atoms with E-state index in [0.29, 0.717) is 18.5 Å². The first kappa shape index (κ1) is 9.17. The Bertz CT molecular complexity index is 370. The third-order valence-electron chi connectivity index (χ3n) is 2.59.